The van der Waals surface area contributed by atoms with Gasteiger partial charge in [-0.3, -0.25) is 0 Å². The van der Waals surface area contributed by atoms with Crippen molar-refractivity contribution in [1.82, 2.24) is 0 Å². The average molecular weight is 452 g/mol. The van der Waals surface area contributed by atoms with Crippen molar-refractivity contribution in [3.63, 3.8) is 0 Å². The second-order valence-electron chi connectivity index (χ2n) is 9.04. The molecule has 0 bridgehead atoms. The van der Waals surface area contributed by atoms with Gasteiger partial charge in [-0.1, -0.05) is 105 Å². The van der Waals surface area contributed by atoms with E-state index in [1.165, 1.54) is 55.2 Å². The normalized spacial score (nSPS) is 14.4. The predicted octanol–water partition coefficient (Wildman–Crippen LogP) is 7.91. The van der Waals surface area contributed by atoms with Crippen molar-refractivity contribution in [2.24, 2.45) is 4.99 Å². The number of esters is 1. The fraction of sp³-hybridized carbons (Fsp3) is 0.290. The van der Waals surface area contributed by atoms with E-state index in [4.69, 9.17) is 4.74 Å². The van der Waals surface area contributed by atoms with Crippen LogP contribution in [-0.4, -0.2) is 11.9 Å². The number of hydrogen-bond acceptors (Lipinski definition) is 3. The highest BCUT2D eigenvalue weighted by Gasteiger charge is 2.24. The van der Waals surface area contributed by atoms with Crippen LogP contribution in [0.3, 0.4) is 0 Å². The molecule has 3 aromatic rings. The first-order valence-electron chi connectivity index (χ1n) is 12.4. The SMILES string of the molecule is CCCCCCCCc1ccc(-c2ccc(C3=N/C(=C\c4ccc(C)cc4)C(=O)O3)cc2)cc1. The maximum Gasteiger partial charge on any atom is 0.363 e. The third kappa shape index (κ3) is 6.32. The lowest BCUT2D eigenvalue weighted by atomic mass is 10.00. The molecule has 0 radical (unpaired) electrons. The number of aliphatic imine (C=N–C) groups is 1. The van der Waals surface area contributed by atoms with Crippen molar-refractivity contribution in [2.45, 2.75) is 58.8 Å². The average Bonchev–Trinajstić information content (AvgIpc) is 3.23. The molecule has 0 atom stereocenters. The predicted molar refractivity (Wildman–Crippen MR) is 141 cm³/mol. The smallest absolute Gasteiger partial charge is 0.363 e. The van der Waals surface area contributed by atoms with Crippen LogP contribution in [0.25, 0.3) is 17.2 Å². The van der Waals surface area contributed by atoms with Gasteiger partial charge in [-0.15, -0.1) is 0 Å². The van der Waals surface area contributed by atoms with E-state index in [0.717, 1.165) is 23.1 Å². The maximum absolute atomic E-state index is 12.3. The molecule has 0 saturated heterocycles. The summed E-state index contributed by atoms with van der Waals surface area (Å²) in [6.45, 7) is 4.29. The van der Waals surface area contributed by atoms with Crippen LogP contribution >= 0.6 is 0 Å². The Balaban J connectivity index is 1.37. The molecule has 0 amide bonds. The number of benzene rings is 3. The van der Waals surface area contributed by atoms with Gasteiger partial charge in [0.05, 0.1) is 0 Å². The Labute approximate surface area is 203 Å². The molecule has 174 valence electrons. The largest absolute Gasteiger partial charge is 0.402 e. The Morgan fingerprint density at radius 3 is 2.00 bits per heavy atom. The van der Waals surface area contributed by atoms with Crippen molar-refractivity contribution in [2.75, 3.05) is 0 Å². The summed E-state index contributed by atoms with van der Waals surface area (Å²) in [6, 6.07) is 24.8. The van der Waals surface area contributed by atoms with E-state index >= 15 is 0 Å². The maximum atomic E-state index is 12.3. The van der Waals surface area contributed by atoms with E-state index in [9.17, 15) is 4.79 Å². The van der Waals surface area contributed by atoms with Gasteiger partial charge in [0.1, 0.15) is 0 Å². The zero-order chi connectivity index (χ0) is 23.8. The third-order valence-corrected chi connectivity index (χ3v) is 6.24. The quantitative estimate of drug-likeness (QED) is 0.178. The van der Waals surface area contributed by atoms with Gasteiger partial charge in [0.15, 0.2) is 5.70 Å². The molecule has 0 N–H and O–H groups in total. The Kier molecular flexibility index (Phi) is 8.08. The van der Waals surface area contributed by atoms with Crippen LogP contribution in [0.4, 0.5) is 0 Å². The minimum Gasteiger partial charge on any atom is -0.402 e. The van der Waals surface area contributed by atoms with Crippen LogP contribution in [0.5, 0.6) is 0 Å². The van der Waals surface area contributed by atoms with Gasteiger partial charge < -0.3 is 4.74 Å². The molecule has 0 aromatic heterocycles. The Hall–Kier alpha value is -3.46. The topological polar surface area (TPSA) is 38.7 Å². The number of nitrogens with zero attached hydrogens (tertiary/aromatic N) is 1. The summed E-state index contributed by atoms with van der Waals surface area (Å²) in [7, 11) is 0. The standard InChI is InChI=1S/C31H33NO2/c1-3-4-5-6-7-8-9-24-14-16-26(17-15-24)27-18-20-28(21-19-27)30-32-29(31(33)34-30)22-25-12-10-23(2)11-13-25/h10-22H,3-9H2,1-2H3/b29-22-. The molecule has 1 aliphatic heterocycles. The lowest BCUT2D eigenvalue weighted by Gasteiger charge is -2.06. The Morgan fingerprint density at radius 1 is 0.735 bits per heavy atom. The molecule has 3 aromatic carbocycles. The summed E-state index contributed by atoms with van der Waals surface area (Å²) in [5.74, 6) is -0.0650. The van der Waals surface area contributed by atoms with Gasteiger partial charge in [0.25, 0.3) is 0 Å². The van der Waals surface area contributed by atoms with Crippen molar-refractivity contribution in [3.05, 3.63) is 101 Å². The minimum absolute atomic E-state index is 0.323. The molecular weight excluding hydrogens is 418 g/mol. The summed E-state index contributed by atoms with van der Waals surface area (Å²) in [6.07, 6.45) is 10.9. The van der Waals surface area contributed by atoms with Crippen molar-refractivity contribution >= 4 is 17.9 Å². The molecule has 4 rings (SSSR count). The van der Waals surface area contributed by atoms with Gasteiger partial charge in [0, 0.05) is 5.56 Å². The Morgan fingerprint density at radius 2 is 1.32 bits per heavy atom. The fourth-order valence-corrected chi connectivity index (χ4v) is 4.13. The Bertz CT molecular complexity index is 1150. The molecular formula is C31H33NO2. The molecule has 34 heavy (non-hydrogen) atoms. The van der Waals surface area contributed by atoms with Gasteiger partial charge in [-0.05, 0) is 60.2 Å². The number of hydrogen-bond donors (Lipinski definition) is 0. The molecule has 3 heteroatoms. The van der Waals surface area contributed by atoms with Crippen LogP contribution in [0.2, 0.25) is 0 Å². The molecule has 0 unspecified atom stereocenters. The van der Waals surface area contributed by atoms with Gasteiger partial charge >= 0.3 is 5.97 Å². The number of carbonyl (C=O) groups excluding carboxylic acids is 1. The summed E-state index contributed by atoms with van der Waals surface area (Å²) < 4.78 is 5.43. The lowest BCUT2D eigenvalue weighted by Crippen LogP contribution is -2.05. The van der Waals surface area contributed by atoms with Crippen LogP contribution in [0.15, 0.2) is 83.5 Å². The zero-order valence-corrected chi connectivity index (χ0v) is 20.2. The monoisotopic (exact) mass is 451 g/mol. The second-order valence-corrected chi connectivity index (χ2v) is 9.04. The summed E-state index contributed by atoms with van der Waals surface area (Å²) in [4.78, 5) is 16.7. The highest BCUT2D eigenvalue weighted by atomic mass is 16.6. The van der Waals surface area contributed by atoms with Crippen molar-refractivity contribution in [3.8, 4) is 11.1 Å². The van der Waals surface area contributed by atoms with Crippen LogP contribution < -0.4 is 0 Å². The van der Waals surface area contributed by atoms with E-state index in [1.807, 2.05) is 43.3 Å². The molecule has 0 aliphatic carbocycles. The van der Waals surface area contributed by atoms with Gasteiger partial charge in [-0.25, -0.2) is 9.79 Å². The van der Waals surface area contributed by atoms with E-state index in [2.05, 4.69) is 48.3 Å². The van der Waals surface area contributed by atoms with E-state index in [-0.39, 0.29) is 0 Å². The van der Waals surface area contributed by atoms with Gasteiger partial charge in [0.2, 0.25) is 5.90 Å². The van der Waals surface area contributed by atoms with Crippen LogP contribution in [0, 0.1) is 6.92 Å². The third-order valence-electron chi connectivity index (χ3n) is 6.24. The van der Waals surface area contributed by atoms with Crippen molar-refractivity contribution in [1.29, 1.82) is 0 Å². The number of rotatable bonds is 10. The number of unbranched alkanes of at least 4 members (excludes halogenated alkanes) is 5. The van der Waals surface area contributed by atoms with Crippen LogP contribution in [-0.2, 0) is 16.0 Å². The van der Waals surface area contributed by atoms with Crippen LogP contribution in [0.1, 0.15) is 67.7 Å². The van der Waals surface area contributed by atoms with E-state index < -0.39 is 5.97 Å². The summed E-state index contributed by atoms with van der Waals surface area (Å²) in [5.41, 5.74) is 6.94. The lowest BCUT2D eigenvalue weighted by molar-refractivity contribution is -0.129. The molecule has 3 nitrogen and oxygen atoms in total. The highest BCUT2D eigenvalue weighted by Crippen LogP contribution is 2.24. The molecule has 1 heterocycles. The highest BCUT2D eigenvalue weighted by molar-refractivity contribution is 6.12. The molecule has 0 spiro atoms. The number of carbonyl (C=O) groups is 1. The summed E-state index contributed by atoms with van der Waals surface area (Å²) >= 11 is 0. The van der Waals surface area contributed by atoms with E-state index in [1.54, 1.807) is 6.08 Å². The number of aryl methyl sites for hydroxylation is 2. The van der Waals surface area contributed by atoms with E-state index in [0.29, 0.717) is 11.6 Å². The summed E-state index contributed by atoms with van der Waals surface area (Å²) in [5, 5.41) is 0. The van der Waals surface area contributed by atoms with Crippen molar-refractivity contribution < 1.29 is 9.53 Å². The molecule has 0 saturated carbocycles. The number of ether oxygens (including phenoxy) is 1. The first kappa shape index (κ1) is 23.7. The molecule has 0 fully saturated rings. The zero-order valence-electron chi connectivity index (χ0n) is 20.2. The number of cyclic esters (lactones) is 1. The fourth-order valence-electron chi connectivity index (χ4n) is 4.13. The van der Waals surface area contributed by atoms with Gasteiger partial charge in [-0.2, -0.15) is 0 Å². The first-order valence-corrected chi connectivity index (χ1v) is 12.4. The molecule has 1 aliphatic rings. The first-order chi connectivity index (χ1) is 16.6. The second kappa shape index (κ2) is 11.6. The minimum atomic E-state index is -0.416.